The predicted molar refractivity (Wildman–Crippen MR) is 152 cm³/mol. The number of ether oxygens (including phenoxy) is 1. The Morgan fingerprint density at radius 2 is 1.11 bits per heavy atom. The van der Waals surface area contributed by atoms with Crippen LogP contribution in [0.2, 0.25) is 0 Å². The molecule has 2 heteroatoms. The van der Waals surface area contributed by atoms with Crippen molar-refractivity contribution in [2.24, 2.45) is 0 Å². The fraction of sp³-hybridized carbons (Fsp3) is 0.212. The highest BCUT2D eigenvalue weighted by Gasteiger charge is 2.06. The molecule has 0 atom stereocenters. The van der Waals surface area contributed by atoms with Crippen LogP contribution in [0.5, 0.6) is 5.75 Å². The Kier molecular flexibility index (Phi) is 7.30. The Morgan fingerprint density at radius 3 is 1.66 bits per heavy atom. The third-order valence-corrected chi connectivity index (χ3v) is 7.67. The predicted octanol–water partition coefficient (Wildman–Crippen LogP) is 9.37. The van der Waals surface area contributed by atoms with E-state index >= 15 is 0 Å². The number of rotatable bonds is 9. The van der Waals surface area contributed by atoms with Crippen molar-refractivity contribution in [1.29, 1.82) is 0 Å². The van der Waals surface area contributed by atoms with E-state index in [1.807, 2.05) is 18.3 Å². The molecule has 0 amide bonds. The normalized spacial score (nSPS) is 11.1. The van der Waals surface area contributed by atoms with Gasteiger partial charge in [-0.1, -0.05) is 86.1 Å². The number of benzene rings is 4. The van der Waals surface area contributed by atoms with Crippen molar-refractivity contribution < 1.29 is 4.74 Å². The zero-order valence-corrected chi connectivity index (χ0v) is 21.4. The first kappa shape index (κ1) is 23.4. The first-order valence-corrected chi connectivity index (χ1v) is 13.5. The molecule has 1 aromatic heterocycles. The quantitative estimate of drug-likeness (QED) is 0.206. The van der Waals surface area contributed by atoms with Crippen molar-refractivity contribution in [1.82, 2.24) is 0 Å². The molecule has 0 radical (unpaired) electrons. The van der Waals surface area contributed by atoms with Crippen LogP contribution in [0, 0.1) is 0 Å². The summed E-state index contributed by atoms with van der Waals surface area (Å²) in [6, 6.07) is 35.7. The Hall–Kier alpha value is -3.36. The lowest BCUT2D eigenvalue weighted by molar-refractivity contribution is 0.341. The van der Waals surface area contributed by atoms with Crippen LogP contribution in [0.15, 0.2) is 97.1 Å². The van der Waals surface area contributed by atoms with Gasteiger partial charge in [-0.05, 0) is 89.2 Å². The zero-order valence-electron chi connectivity index (χ0n) is 20.6. The third-order valence-electron chi connectivity index (χ3n) is 6.51. The molecule has 0 aliphatic heterocycles. The second kappa shape index (κ2) is 10.9. The monoisotopic (exact) mass is 476 g/mol. The molecule has 1 heterocycles. The molecule has 35 heavy (non-hydrogen) atoms. The van der Waals surface area contributed by atoms with Gasteiger partial charge in [-0.25, -0.2) is 0 Å². The number of aryl methyl sites for hydroxylation is 3. The van der Waals surface area contributed by atoms with E-state index in [1.165, 1.54) is 54.8 Å². The molecular formula is C33H32OS. The minimum atomic E-state index is 0.705. The lowest BCUT2D eigenvalue weighted by Gasteiger charge is -2.07. The maximum Gasteiger partial charge on any atom is 0.120 e. The summed E-state index contributed by atoms with van der Waals surface area (Å²) in [6.45, 7) is 4.96. The lowest BCUT2D eigenvalue weighted by atomic mass is 9.98. The van der Waals surface area contributed by atoms with Gasteiger partial charge in [0.15, 0.2) is 0 Å². The Balaban J connectivity index is 1.22. The summed E-state index contributed by atoms with van der Waals surface area (Å²) in [5.74, 6) is 0.960. The molecule has 0 N–H and O–H groups in total. The Labute approximate surface area is 213 Å². The second-order valence-corrected chi connectivity index (χ2v) is 10.2. The molecule has 0 saturated carbocycles. The van der Waals surface area contributed by atoms with E-state index in [9.17, 15) is 0 Å². The van der Waals surface area contributed by atoms with Gasteiger partial charge in [-0.2, -0.15) is 0 Å². The van der Waals surface area contributed by atoms with Crippen LogP contribution in [0.3, 0.4) is 0 Å². The number of thiophene rings is 1. The van der Waals surface area contributed by atoms with Gasteiger partial charge >= 0.3 is 0 Å². The van der Waals surface area contributed by atoms with Gasteiger partial charge in [0.05, 0.1) is 6.61 Å². The summed E-state index contributed by atoms with van der Waals surface area (Å²) in [5, 5.41) is 1.31. The Morgan fingerprint density at radius 1 is 0.571 bits per heavy atom. The average molecular weight is 477 g/mol. The molecular weight excluding hydrogens is 444 g/mol. The molecule has 0 saturated heterocycles. The van der Waals surface area contributed by atoms with Gasteiger partial charge in [0.1, 0.15) is 5.75 Å². The van der Waals surface area contributed by atoms with Crippen molar-refractivity contribution >= 4 is 21.4 Å². The second-order valence-electron chi connectivity index (χ2n) is 9.07. The minimum Gasteiger partial charge on any atom is -0.494 e. The molecule has 5 rings (SSSR count). The van der Waals surface area contributed by atoms with Crippen molar-refractivity contribution in [2.45, 2.75) is 39.5 Å². The number of fused-ring (bicyclic) bond motifs is 1. The van der Waals surface area contributed by atoms with Gasteiger partial charge in [-0.15, -0.1) is 11.3 Å². The molecule has 0 fully saturated rings. The van der Waals surface area contributed by atoms with E-state index < -0.39 is 0 Å². The van der Waals surface area contributed by atoms with Crippen LogP contribution in [0.4, 0.5) is 0 Å². The first-order chi connectivity index (χ1) is 17.2. The van der Waals surface area contributed by atoms with Crippen LogP contribution in [-0.2, 0) is 19.3 Å². The molecule has 176 valence electrons. The molecule has 0 bridgehead atoms. The van der Waals surface area contributed by atoms with Crippen LogP contribution in [0.25, 0.3) is 32.3 Å². The molecule has 5 aromatic rings. The topological polar surface area (TPSA) is 9.23 Å². The summed E-state index contributed by atoms with van der Waals surface area (Å²) in [6.07, 6.45) is 4.45. The summed E-state index contributed by atoms with van der Waals surface area (Å²) < 4.78 is 6.96. The third kappa shape index (κ3) is 5.66. The highest BCUT2D eigenvalue weighted by molar-refractivity contribution is 7.19. The fourth-order valence-corrected chi connectivity index (χ4v) is 5.68. The van der Waals surface area contributed by atoms with E-state index in [0.29, 0.717) is 6.61 Å². The first-order valence-electron chi connectivity index (χ1n) is 12.7. The van der Waals surface area contributed by atoms with E-state index in [4.69, 9.17) is 4.74 Å². The van der Waals surface area contributed by atoms with Crippen molar-refractivity contribution in [3.63, 3.8) is 0 Å². The maximum atomic E-state index is 5.65. The minimum absolute atomic E-state index is 0.705. The van der Waals surface area contributed by atoms with E-state index in [2.05, 4.69) is 104 Å². The molecule has 0 spiro atoms. The summed E-state index contributed by atoms with van der Waals surface area (Å²) in [5.41, 5.74) is 7.87. The van der Waals surface area contributed by atoms with Crippen LogP contribution in [-0.4, -0.2) is 6.61 Å². The number of hydrogen-bond donors (Lipinski definition) is 0. The molecule has 0 unspecified atom stereocenters. The van der Waals surface area contributed by atoms with E-state index in [1.54, 1.807) is 0 Å². The van der Waals surface area contributed by atoms with Crippen LogP contribution < -0.4 is 4.74 Å². The van der Waals surface area contributed by atoms with Gasteiger partial charge < -0.3 is 4.74 Å². The van der Waals surface area contributed by atoms with Crippen molar-refractivity contribution in [3.8, 4) is 28.0 Å². The lowest BCUT2D eigenvalue weighted by Crippen LogP contribution is -1.89. The SMILES string of the molecule is CCCc1ccc(-c2ccc(-c3ccc(CCc4cc5ccc(OCC)cc5s4)cc3)cc2)cc1. The average Bonchev–Trinajstić information content (AvgIpc) is 3.31. The maximum absolute atomic E-state index is 5.65. The van der Waals surface area contributed by atoms with Crippen LogP contribution >= 0.6 is 11.3 Å². The Bertz CT molecular complexity index is 1380. The van der Waals surface area contributed by atoms with Crippen LogP contribution in [0.1, 0.15) is 36.3 Å². The number of hydrogen-bond acceptors (Lipinski definition) is 2. The summed E-state index contributed by atoms with van der Waals surface area (Å²) >= 11 is 1.88. The highest BCUT2D eigenvalue weighted by Crippen LogP contribution is 2.30. The standard InChI is InChI=1S/C33H32OS/c1-3-5-24-6-11-26(12-7-24)28-15-17-29(18-16-28)27-13-8-25(9-14-27)10-21-32-22-30-19-20-31(34-4-2)23-33(30)35-32/h6-9,11-20,22-23H,3-5,10,21H2,1-2H3. The largest absolute Gasteiger partial charge is 0.494 e. The molecule has 0 aliphatic rings. The van der Waals surface area contributed by atoms with Crippen molar-refractivity contribution in [3.05, 3.63) is 113 Å². The smallest absolute Gasteiger partial charge is 0.120 e. The van der Waals surface area contributed by atoms with Crippen molar-refractivity contribution in [2.75, 3.05) is 6.61 Å². The summed E-state index contributed by atoms with van der Waals surface area (Å²) in [7, 11) is 0. The van der Waals surface area contributed by atoms with Gasteiger partial charge in [0.2, 0.25) is 0 Å². The van der Waals surface area contributed by atoms with Gasteiger partial charge in [0, 0.05) is 9.58 Å². The molecule has 1 nitrogen and oxygen atoms in total. The summed E-state index contributed by atoms with van der Waals surface area (Å²) in [4.78, 5) is 1.43. The molecule has 4 aromatic carbocycles. The van der Waals surface area contributed by atoms with E-state index in [0.717, 1.165) is 25.0 Å². The van der Waals surface area contributed by atoms with Gasteiger partial charge in [-0.3, -0.25) is 0 Å². The molecule has 0 aliphatic carbocycles. The van der Waals surface area contributed by atoms with Gasteiger partial charge in [0.25, 0.3) is 0 Å². The van der Waals surface area contributed by atoms with E-state index in [-0.39, 0.29) is 0 Å². The fourth-order valence-electron chi connectivity index (χ4n) is 4.59. The highest BCUT2D eigenvalue weighted by atomic mass is 32.1. The zero-order chi connectivity index (χ0) is 24.0.